The van der Waals surface area contributed by atoms with E-state index < -0.39 is 12.3 Å². The van der Waals surface area contributed by atoms with Crippen molar-refractivity contribution in [1.82, 2.24) is 5.01 Å². The molecule has 1 unspecified atom stereocenters. The van der Waals surface area contributed by atoms with Crippen LogP contribution in [0, 0.1) is 5.92 Å². The van der Waals surface area contributed by atoms with Gasteiger partial charge >= 0.3 is 0 Å². The second-order valence-electron chi connectivity index (χ2n) is 5.17. The van der Waals surface area contributed by atoms with Gasteiger partial charge in [-0.25, -0.2) is 5.01 Å². The van der Waals surface area contributed by atoms with Crippen LogP contribution in [0.3, 0.4) is 0 Å². The van der Waals surface area contributed by atoms with E-state index in [0.29, 0.717) is 18.9 Å². The Morgan fingerprint density at radius 2 is 1.83 bits per heavy atom. The van der Waals surface area contributed by atoms with E-state index in [1.807, 2.05) is 30.3 Å². The highest BCUT2D eigenvalue weighted by molar-refractivity contribution is 5.14. The van der Waals surface area contributed by atoms with E-state index in [-0.39, 0.29) is 0 Å². The van der Waals surface area contributed by atoms with Gasteiger partial charge in [0.2, 0.25) is 0 Å². The minimum Gasteiger partial charge on any atom is -0.390 e. The monoisotopic (exact) mass is 251 g/mol. The van der Waals surface area contributed by atoms with E-state index >= 15 is 0 Å². The van der Waals surface area contributed by atoms with Crippen molar-refractivity contribution in [2.45, 2.75) is 39.0 Å². The molecule has 0 fully saturated rings. The number of hydrogen-bond donors (Lipinski definition) is 3. The Morgan fingerprint density at radius 3 is 2.39 bits per heavy atom. The Labute approximate surface area is 110 Å². The molecular weight excluding hydrogens is 226 g/mol. The molecule has 0 amide bonds. The Kier molecular flexibility index (Phi) is 6.29. The highest BCUT2D eigenvalue weighted by Crippen LogP contribution is 2.08. The van der Waals surface area contributed by atoms with Gasteiger partial charge < -0.3 is 10.8 Å². The van der Waals surface area contributed by atoms with E-state index in [9.17, 15) is 5.11 Å². The maximum absolute atomic E-state index is 10.0. The summed E-state index contributed by atoms with van der Waals surface area (Å²) in [5, 5.41) is 11.5. The molecule has 0 bridgehead atoms. The number of nitrogens with two attached hydrogens (primary N) is 2. The van der Waals surface area contributed by atoms with Gasteiger partial charge in [-0.1, -0.05) is 44.2 Å². The number of aliphatic hydroxyl groups is 1. The molecule has 0 spiro atoms. The minimum absolute atomic E-state index is 0.433. The molecule has 4 heteroatoms. The Hall–Kier alpha value is -0.940. The lowest BCUT2D eigenvalue weighted by Gasteiger charge is -2.29. The van der Waals surface area contributed by atoms with Gasteiger partial charge in [0.15, 0.2) is 0 Å². The SMILES string of the molecule is CC(C)CN(N)C(N)[C@@H](O)CCc1ccccc1. The van der Waals surface area contributed by atoms with Crippen LogP contribution < -0.4 is 11.6 Å². The quantitative estimate of drug-likeness (QED) is 0.385. The van der Waals surface area contributed by atoms with Crippen LogP contribution in [0.15, 0.2) is 30.3 Å². The van der Waals surface area contributed by atoms with Crippen LogP contribution in [-0.4, -0.2) is 28.9 Å². The normalized spacial score (nSPS) is 15.1. The first-order valence-electron chi connectivity index (χ1n) is 6.49. The molecule has 18 heavy (non-hydrogen) atoms. The first kappa shape index (κ1) is 15.1. The maximum atomic E-state index is 10.0. The molecule has 2 atom stereocenters. The van der Waals surface area contributed by atoms with Crippen LogP contribution in [0.25, 0.3) is 0 Å². The smallest absolute Gasteiger partial charge is 0.0968 e. The van der Waals surface area contributed by atoms with Crippen molar-refractivity contribution in [3.05, 3.63) is 35.9 Å². The summed E-state index contributed by atoms with van der Waals surface area (Å²) < 4.78 is 0. The second-order valence-corrected chi connectivity index (χ2v) is 5.17. The molecule has 4 nitrogen and oxygen atoms in total. The summed E-state index contributed by atoms with van der Waals surface area (Å²) in [5.41, 5.74) is 7.13. The van der Waals surface area contributed by atoms with E-state index in [0.717, 1.165) is 6.42 Å². The highest BCUT2D eigenvalue weighted by Gasteiger charge is 2.20. The molecule has 0 aliphatic rings. The molecule has 0 heterocycles. The number of aliphatic hydroxyl groups excluding tert-OH is 1. The average molecular weight is 251 g/mol. The number of rotatable bonds is 7. The van der Waals surface area contributed by atoms with Gasteiger partial charge in [0.05, 0.1) is 12.3 Å². The number of hydrogen-bond acceptors (Lipinski definition) is 4. The van der Waals surface area contributed by atoms with E-state index in [4.69, 9.17) is 11.6 Å². The first-order valence-corrected chi connectivity index (χ1v) is 6.49. The van der Waals surface area contributed by atoms with Gasteiger partial charge in [-0.2, -0.15) is 0 Å². The summed E-state index contributed by atoms with van der Waals surface area (Å²) in [6.07, 6.45) is 0.326. The maximum Gasteiger partial charge on any atom is 0.0968 e. The van der Waals surface area contributed by atoms with Crippen LogP contribution in [0.1, 0.15) is 25.8 Å². The molecule has 0 aromatic heterocycles. The van der Waals surface area contributed by atoms with Gasteiger partial charge in [0, 0.05) is 6.54 Å². The van der Waals surface area contributed by atoms with Crippen LogP contribution in [0.5, 0.6) is 0 Å². The van der Waals surface area contributed by atoms with E-state index in [1.165, 1.54) is 10.6 Å². The number of aryl methyl sites for hydroxylation is 1. The van der Waals surface area contributed by atoms with Crippen molar-refractivity contribution in [2.75, 3.05) is 6.54 Å². The van der Waals surface area contributed by atoms with Crippen LogP contribution in [-0.2, 0) is 6.42 Å². The minimum atomic E-state index is -0.603. The zero-order valence-corrected chi connectivity index (χ0v) is 11.3. The van der Waals surface area contributed by atoms with Gasteiger partial charge in [-0.3, -0.25) is 5.84 Å². The molecule has 0 saturated heterocycles. The third-order valence-corrected chi connectivity index (χ3v) is 2.92. The van der Waals surface area contributed by atoms with Crippen LogP contribution in [0.4, 0.5) is 0 Å². The van der Waals surface area contributed by atoms with Crippen molar-refractivity contribution >= 4 is 0 Å². The zero-order chi connectivity index (χ0) is 13.5. The predicted octanol–water partition coefficient (Wildman–Crippen LogP) is 1.10. The van der Waals surface area contributed by atoms with Crippen molar-refractivity contribution in [1.29, 1.82) is 0 Å². The fourth-order valence-corrected chi connectivity index (χ4v) is 1.89. The third-order valence-electron chi connectivity index (χ3n) is 2.92. The van der Waals surface area contributed by atoms with Crippen molar-refractivity contribution in [3.8, 4) is 0 Å². The van der Waals surface area contributed by atoms with Gasteiger partial charge in [0.25, 0.3) is 0 Å². The third kappa shape index (κ3) is 5.14. The lowest BCUT2D eigenvalue weighted by Crippen LogP contribution is -2.54. The number of nitrogens with zero attached hydrogens (tertiary/aromatic N) is 1. The molecule has 0 aliphatic carbocycles. The summed E-state index contributed by atoms with van der Waals surface area (Å²) in [5.74, 6) is 6.27. The molecule has 1 aromatic rings. The fraction of sp³-hybridized carbons (Fsp3) is 0.571. The van der Waals surface area contributed by atoms with Crippen molar-refractivity contribution in [2.24, 2.45) is 17.5 Å². The lowest BCUT2D eigenvalue weighted by molar-refractivity contribution is 0.0402. The molecular formula is C14H25N3O. The lowest BCUT2D eigenvalue weighted by atomic mass is 10.0. The second kappa shape index (κ2) is 7.48. The Bertz CT molecular complexity index is 329. The van der Waals surface area contributed by atoms with E-state index in [2.05, 4.69) is 13.8 Å². The number of benzene rings is 1. The molecule has 1 aromatic carbocycles. The highest BCUT2D eigenvalue weighted by atomic mass is 16.3. The van der Waals surface area contributed by atoms with Gasteiger partial charge in [-0.05, 0) is 24.3 Å². The Morgan fingerprint density at radius 1 is 1.22 bits per heavy atom. The number of hydrazine groups is 1. The zero-order valence-electron chi connectivity index (χ0n) is 11.3. The molecule has 102 valence electrons. The summed E-state index contributed by atoms with van der Waals surface area (Å²) in [6.45, 7) is 4.83. The summed E-state index contributed by atoms with van der Waals surface area (Å²) >= 11 is 0. The average Bonchev–Trinajstić information content (AvgIpc) is 2.35. The molecule has 1 rings (SSSR count). The molecule has 0 saturated carbocycles. The largest absolute Gasteiger partial charge is 0.390 e. The standard InChI is InChI=1S/C14H25N3O/c1-11(2)10-17(16)14(15)13(18)9-8-12-6-4-3-5-7-12/h3-7,11,13-14,18H,8-10,15-16H2,1-2H3/t13-,14?/m0/s1. The fourth-order valence-electron chi connectivity index (χ4n) is 1.89. The van der Waals surface area contributed by atoms with Crippen molar-refractivity contribution in [3.63, 3.8) is 0 Å². The molecule has 5 N–H and O–H groups in total. The first-order chi connectivity index (χ1) is 8.50. The molecule has 0 aliphatic heterocycles. The van der Waals surface area contributed by atoms with Crippen LogP contribution >= 0.6 is 0 Å². The van der Waals surface area contributed by atoms with E-state index in [1.54, 1.807) is 0 Å². The summed E-state index contributed by atoms with van der Waals surface area (Å²) in [6, 6.07) is 10.1. The predicted molar refractivity (Wildman–Crippen MR) is 74.5 cm³/mol. The molecule has 0 radical (unpaired) electrons. The summed E-state index contributed by atoms with van der Waals surface area (Å²) in [4.78, 5) is 0. The van der Waals surface area contributed by atoms with Crippen LogP contribution in [0.2, 0.25) is 0 Å². The summed E-state index contributed by atoms with van der Waals surface area (Å²) in [7, 11) is 0. The Balaban J connectivity index is 2.38. The van der Waals surface area contributed by atoms with Crippen molar-refractivity contribution < 1.29 is 5.11 Å². The van der Waals surface area contributed by atoms with Gasteiger partial charge in [-0.15, -0.1) is 0 Å². The van der Waals surface area contributed by atoms with Gasteiger partial charge in [0.1, 0.15) is 0 Å². The topological polar surface area (TPSA) is 75.5 Å².